The standard InChI is InChI=1S/C39H39N3O4S/c1-39(2,3)47(45)42-25-31-24-34(38(44)40-32-18-16-27(17-19-32)26-10-6-5-7-11-26)41-37(36(31)35(42)20-21-43)30-14-8-12-28(22-30)29-13-9-15-33(23-29)46-4/h5-19,22-24,35,43H,20-21,25H2,1-4H3,(H,40,44)/t35-,47-/m0/s1. The molecule has 240 valence electrons. The largest absolute Gasteiger partial charge is 0.497 e. The third kappa shape index (κ3) is 6.90. The predicted octanol–water partition coefficient (Wildman–Crippen LogP) is 8.04. The van der Waals surface area contributed by atoms with Crippen molar-refractivity contribution in [1.29, 1.82) is 0 Å². The monoisotopic (exact) mass is 645 g/mol. The number of benzene rings is 4. The highest BCUT2D eigenvalue weighted by Crippen LogP contribution is 2.44. The van der Waals surface area contributed by atoms with Gasteiger partial charge in [-0.1, -0.05) is 72.8 Å². The average molecular weight is 646 g/mol. The third-order valence-corrected chi connectivity index (χ3v) is 10.2. The summed E-state index contributed by atoms with van der Waals surface area (Å²) < 4.78 is 20.7. The fourth-order valence-electron chi connectivity index (χ4n) is 6.03. The Hall–Kier alpha value is -4.63. The van der Waals surface area contributed by atoms with Crippen molar-refractivity contribution in [2.24, 2.45) is 0 Å². The molecule has 1 aliphatic heterocycles. The molecule has 6 rings (SSSR count). The van der Waals surface area contributed by atoms with Crippen molar-refractivity contribution in [3.63, 3.8) is 0 Å². The highest BCUT2D eigenvalue weighted by Gasteiger charge is 2.40. The molecule has 0 fully saturated rings. The fraction of sp³-hybridized carbons (Fsp3) is 0.231. The van der Waals surface area contributed by atoms with Gasteiger partial charge in [0.25, 0.3) is 5.91 Å². The maximum Gasteiger partial charge on any atom is 0.274 e. The van der Waals surface area contributed by atoms with E-state index in [2.05, 4.69) is 11.4 Å². The van der Waals surface area contributed by atoms with Gasteiger partial charge in [-0.05, 0) is 91.4 Å². The zero-order chi connectivity index (χ0) is 33.1. The Morgan fingerprint density at radius 2 is 1.51 bits per heavy atom. The topological polar surface area (TPSA) is 91.8 Å². The molecule has 8 heteroatoms. The highest BCUT2D eigenvalue weighted by molar-refractivity contribution is 7.84. The van der Waals surface area contributed by atoms with Crippen molar-refractivity contribution in [3.8, 4) is 39.3 Å². The van der Waals surface area contributed by atoms with Crippen molar-refractivity contribution >= 4 is 22.6 Å². The number of aliphatic hydroxyl groups excluding tert-OH is 1. The second-order valence-corrected chi connectivity index (χ2v) is 14.8. The Bertz CT molecular complexity index is 1920. The molecular weight excluding hydrogens is 607 g/mol. The first-order valence-corrected chi connectivity index (χ1v) is 16.8. The van der Waals surface area contributed by atoms with Crippen LogP contribution in [0.2, 0.25) is 0 Å². The number of amides is 1. The number of anilines is 1. The zero-order valence-electron chi connectivity index (χ0n) is 27.1. The first-order chi connectivity index (χ1) is 22.7. The summed E-state index contributed by atoms with van der Waals surface area (Å²) in [6, 6.07) is 35.2. The first kappa shape index (κ1) is 32.3. The van der Waals surface area contributed by atoms with Gasteiger partial charge in [-0.3, -0.25) is 4.79 Å². The number of ether oxygens (including phenoxy) is 1. The van der Waals surface area contributed by atoms with Gasteiger partial charge in [0.1, 0.15) is 22.4 Å². The number of hydrogen-bond donors (Lipinski definition) is 2. The Morgan fingerprint density at radius 3 is 2.19 bits per heavy atom. The van der Waals surface area contributed by atoms with Crippen molar-refractivity contribution in [1.82, 2.24) is 9.29 Å². The molecule has 1 aromatic heterocycles. The van der Waals surface area contributed by atoms with Gasteiger partial charge in [0.15, 0.2) is 0 Å². The van der Waals surface area contributed by atoms with Gasteiger partial charge in [0.2, 0.25) is 0 Å². The maximum absolute atomic E-state index is 13.8. The van der Waals surface area contributed by atoms with Crippen LogP contribution >= 0.6 is 0 Å². The van der Waals surface area contributed by atoms with Gasteiger partial charge in [-0.25, -0.2) is 13.5 Å². The highest BCUT2D eigenvalue weighted by atomic mass is 32.2. The van der Waals surface area contributed by atoms with Crippen molar-refractivity contribution in [2.75, 3.05) is 19.0 Å². The lowest BCUT2D eigenvalue weighted by atomic mass is 9.94. The summed E-state index contributed by atoms with van der Waals surface area (Å²) in [5, 5.41) is 13.2. The summed E-state index contributed by atoms with van der Waals surface area (Å²) >= 11 is 0. The molecule has 4 aromatic carbocycles. The lowest BCUT2D eigenvalue weighted by Crippen LogP contribution is -2.36. The summed E-state index contributed by atoms with van der Waals surface area (Å²) in [5.74, 6) is 0.422. The number of rotatable bonds is 9. The van der Waals surface area contributed by atoms with Crippen LogP contribution in [-0.2, 0) is 17.5 Å². The summed E-state index contributed by atoms with van der Waals surface area (Å²) in [6.45, 7) is 6.13. The van der Waals surface area contributed by atoms with Crippen LogP contribution in [0, 0.1) is 0 Å². The Morgan fingerprint density at radius 1 is 0.872 bits per heavy atom. The lowest BCUT2D eigenvalue weighted by Gasteiger charge is -2.30. The molecule has 1 aliphatic rings. The van der Waals surface area contributed by atoms with Crippen molar-refractivity contribution in [3.05, 3.63) is 126 Å². The molecule has 0 spiro atoms. The Balaban J connectivity index is 1.42. The summed E-state index contributed by atoms with van der Waals surface area (Å²) in [7, 11) is 0.284. The van der Waals surface area contributed by atoms with Crippen molar-refractivity contribution < 1.29 is 18.8 Å². The van der Waals surface area contributed by atoms with E-state index in [1.54, 1.807) is 7.11 Å². The van der Waals surface area contributed by atoms with E-state index >= 15 is 0 Å². The molecule has 0 saturated heterocycles. The molecule has 2 N–H and O–H groups in total. The van der Waals surface area contributed by atoms with E-state index in [0.717, 1.165) is 44.7 Å². The Labute approximate surface area is 278 Å². The van der Waals surface area contributed by atoms with Crippen LogP contribution in [0.1, 0.15) is 54.8 Å². The zero-order valence-corrected chi connectivity index (χ0v) is 27.9. The second kappa shape index (κ2) is 13.6. The van der Waals surface area contributed by atoms with Gasteiger partial charge in [0.05, 0.1) is 23.6 Å². The van der Waals surface area contributed by atoms with E-state index in [1.807, 2.05) is 128 Å². The van der Waals surface area contributed by atoms with E-state index in [0.29, 0.717) is 24.3 Å². The summed E-state index contributed by atoms with van der Waals surface area (Å²) in [5.41, 5.74) is 8.27. The molecule has 1 amide bonds. The number of hydrogen-bond acceptors (Lipinski definition) is 5. The summed E-state index contributed by atoms with van der Waals surface area (Å²) in [4.78, 5) is 18.8. The van der Waals surface area contributed by atoms with Crippen LogP contribution in [0.3, 0.4) is 0 Å². The number of nitrogens with zero attached hydrogens (tertiary/aromatic N) is 2. The van der Waals surface area contributed by atoms with Crippen LogP contribution in [0.4, 0.5) is 5.69 Å². The minimum atomic E-state index is -1.36. The number of aromatic nitrogens is 1. The van der Waals surface area contributed by atoms with E-state index in [4.69, 9.17) is 9.72 Å². The van der Waals surface area contributed by atoms with E-state index < -0.39 is 15.7 Å². The molecule has 0 unspecified atom stereocenters. The second-order valence-electron chi connectivity index (χ2n) is 12.6. The molecule has 0 radical (unpaired) electrons. The van der Waals surface area contributed by atoms with Crippen LogP contribution in [0.25, 0.3) is 33.5 Å². The SMILES string of the molecule is COc1cccc(-c2cccc(-c3nc(C(=O)Nc4ccc(-c5ccccc5)cc4)cc4c3[C@H](CCO)N([S@@](=O)C(C)(C)C)C4)c2)c1. The summed E-state index contributed by atoms with van der Waals surface area (Å²) in [6.07, 6.45) is 0.387. The third-order valence-electron chi connectivity index (χ3n) is 8.31. The first-order valence-electron chi connectivity index (χ1n) is 15.7. The molecule has 7 nitrogen and oxygen atoms in total. The van der Waals surface area contributed by atoms with Crippen LogP contribution in [0.15, 0.2) is 109 Å². The van der Waals surface area contributed by atoms with Gasteiger partial charge in [-0.15, -0.1) is 0 Å². The molecule has 47 heavy (non-hydrogen) atoms. The van der Waals surface area contributed by atoms with E-state index in [9.17, 15) is 14.1 Å². The minimum absolute atomic E-state index is 0.0769. The lowest BCUT2D eigenvalue weighted by molar-refractivity contribution is 0.102. The van der Waals surface area contributed by atoms with Crippen molar-refractivity contribution in [2.45, 2.75) is 44.5 Å². The number of aliphatic hydroxyl groups is 1. The normalized spacial score (nSPS) is 15.2. The number of methoxy groups -OCH3 is 1. The van der Waals surface area contributed by atoms with Gasteiger partial charge < -0.3 is 15.2 Å². The van der Waals surface area contributed by atoms with Crippen LogP contribution < -0.4 is 10.1 Å². The molecule has 0 saturated carbocycles. The molecule has 5 aromatic rings. The quantitative estimate of drug-likeness (QED) is 0.169. The fourth-order valence-corrected chi connectivity index (χ4v) is 7.43. The number of pyridine rings is 1. The number of carbonyl (C=O) groups is 1. The molecule has 2 heterocycles. The molecular formula is C39H39N3O4S. The van der Waals surface area contributed by atoms with Gasteiger partial charge in [-0.2, -0.15) is 0 Å². The number of carbonyl (C=O) groups excluding carboxylic acids is 1. The number of fused-ring (bicyclic) bond motifs is 1. The van der Waals surface area contributed by atoms with Gasteiger partial charge in [0, 0.05) is 30.0 Å². The van der Waals surface area contributed by atoms with E-state index in [-0.39, 0.29) is 24.2 Å². The smallest absolute Gasteiger partial charge is 0.274 e. The minimum Gasteiger partial charge on any atom is -0.497 e. The number of nitrogens with one attached hydrogen (secondary N) is 1. The Kier molecular flexibility index (Phi) is 9.36. The van der Waals surface area contributed by atoms with Crippen LogP contribution in [-0.4, -0.2) is 43.0 Å². The molecule has 0 aliphatic carbocycles. The van der Waals surface area contributed by atoms with E-state index in [1.165, 1.54) is 0 Å². The average Bonchev–Trinajstić information content (AvgIpc) is 3.46. The molecule has 2 atom stereocenters. The maximum atomic E-state index is 13.8. The molecule has 0 bridgehead atoms. The predicted molar refractivity (Wildman–Crippen MR) is 189 cm³/mol. The van der Waals surface area contributed by atoms with Gasteiger partial charge >= 0.3 is 0 Å². The van der Waals surface area contributed by atoms with Crippen LogP contribution in [0.5, 0.6) is 5.75 Å².